The van der Waals surface area contributed by atoms with Gasteiger partial charge in [0.1, 0.15) is 5.69 Å². The number of halogens is 1. The smallest absolute Gasteiger partial charge is 0.305 e. The molecule has 1 atom stereocenters. The van der Waals surface area contributed by atoms with Crippen molar-refractivity contribution in [3.8, 4) is 0 Å². The number of carbonyl (C=O) groups excluding carboxylic acids is 1. The fourth-order valence-electron chi connectivity index (χ4n) is 2.48. The van der Waals surface area contributed by atoms with E-state index in [-0.39, 0.29) is 25.0 Å². The number of morpholine rings is 1. The van der Waals surface area contributed by atoms with Gasteiger partial charge in [0.05, 0.1) is 30.7 Å². The summed E-state index contributed by atoms with van der Waals surface area (Å²) in [6.45, 7) is 4.96. The maximum absolute atomic E-state index is 12.7. The summed E-state index contributed by atoms with van der Waals surface area (Å²) >= 11 is 6.00. The molecule has 6 nitrogen and oxygen atoms in total. The van der Waals surface area contributed by atoms with Crippen LogP contribution in [0.3, 0.4) is 0 Å². The maximum atomic E-state index is 12.7. The summed E-state index contributed by atoms with van der Waals surface area (Å²) in [5.74, 6) is -1.15. The Kier molecular flexibility index (Phi) is 4.90. The summed E-state index contributed by atoms with van der Waals surface area (Å²) in [5.41, 5.74) is 0.479. The van der Waals surface area contributed by atoms with Gasteiger partial charge in [0.2, 0.25) is 0 Å². The van der Waals surface area contributed by atoms with Gasteiger partial charge in [-0.05, 0) is 19.9 Å². The van der Waals surface area contributed by atoms with Crippen LogP contribution < -0.4 is 0 Å². The van der Waals surface area contributed by atoms with Crippen LogP contribution in [-0.2, 0) is 9.53 Å². The molecule has 0 aliphatic carbocycles. The molecule has 2 heterocycles. The van der Waals surface area contributed by atoms with Gasteiger partial charge in [-0.25, -0.2) is 0 Å². The SMILES string of the molecule is CC(C)n1cc(Cl)cc1C(=O)N1CCOCC1CC(=O)O. The minimum absolute atomic E-state index is 0.0930. The third-order valence-electron chi connectivity index (χ3n) is 3.49. The summed E-state index contributed by atoms with van der Waals surface area (Å²) in [7, 11) is 0. The van der Waals surface area contributed by atoms with Crippen LogP contribution in [0.1, 0.15) is 36.8 Å². The Morgan fingerprint density at radius 2 is 2.24 bits per heavy atom. The summed E-state index contributed by atoms with van der Waals surface area (Å²) in [4.78, 5) is 25.2. The summed E-state index contributed by atoms with van der Waals surface area (Å²) < 4.78 is 7.10. The van der Waals surface area contributed by atoms with Gasteiger partial charge >= 0.3 is 5.97 Å². The molecule has 1 aliphatic rings. The Bertz CT molecular complexity index is 541. The zero-order valence-electron chi connectivity index (χ0n) is 12.1. The minimum atomic E-state index is -0.944. The minimum Gasteiger partial charge on any atom is -0.481 e. The number of aliphatic carboxylic acids is 1. The van der Waals surface area contributed by atoms with Gasteiger partial charge in [-0.3, -0.25) is 9.59 Å². The number of ether oxygens (including phenoxy) is 1. The number of carbonyl (C=O) groups is 2. The van der Waals surface area contributed by atoms with E-state index in [0.717, 1.165) is 0 Å². The molecule has 21 heavy (non-hydrogen) atoms. The first-order valence-electron chi connectivity index (χ1n) is 6.88. The maximum Gasteiger partial charge on any atom is 0.305 e. The lowest BCUT2D eigenvalue weighted by Crippen LogP contribution is -2.50. The van der Waals surface area contributed by atoms with Crippen LogP contribution in [0.2, 0.25) is 5.02 Å². The molecule has 1 N–H and O–H groups in total. The number of hydrogen-bond acceptors (Lipinski definition) is 3. The molecular weight excluding hydrogens is 296 g/mol. The molecule has 1 saturated heterocycles. The van der Waals surface area contributed by atoms with Crippen LogP contribution in [0.25, 0.3) is 0 Å². The van der Waals surface area contributed by atoms with Crippen LogP contribution in [0, 0.1) is 0 Å². The largest absolute Gasteiger partial charge is 0.481 e. The molecule has 116 valence electrons. The second kappa shape index (κ2) is 6.49. The van der Waals surface area contributed by atoms with Gasteiger partial charge in [0.15, 0.2) is 0 Å². The van der Waals surface area contributed by atoms with E-state index < -0.39 is 12.0 Å². The van der Waals surface area contributed by atoms with E-state index in [1.165, 1.54) is 0 Å². The fraction of sp³-hybridized carbons (Fsp3) is 0.571. The van der Waals surface area contributed by atoms with E-state index in [2.05, 4.69) is 0 Å². The van der Waals surface area contributed by atoms with Crippen LogP contribution >= 0.6 is 11.6 Å². The van der Waals surface area contributed by atoms with E-state index >= 15 is 0 Å². The molecule has 1 aliphatic heterocycles. The Morgan fingerprint density at radius 1 is 1.52 bits per heavy atom. The lowest BCUT2D eigenvalue weighted by molar-refractivity contribution is -0.139. The molecule has 1 aromatic heterocycles. The van der Waals surface area contributed by atoms with E-state index in [9.17, 15) is 9.59 Å². The Labute approximate surface area is 128 Å². The Balaban J connectivity index is 2.26. The molecule has 0 aromatic carbocycles. The quantitative estimate of drug-likeness (QED) is 0.923. The lowest BCUT2D eigenvalue weighted by atomic mass is 10.1. The molecule has 2 rings (SSSR count). The van der Waals surface area contributed by atoms with E-state index in [4.69, 9.17) is 21.4 Å². The van der Waals surface area contributed by atoms with Crippen molar-refractivity contribution in [2.45, 2.75) is 32.4 Å². The van der Waals surface area contributed by atoms with E-state index in [0.29, 0.717) is 23.9 Å². The van der Waals surface area contributed by atoms with Crippen LogP contribution in [-0.4, -0.2) is 52.3 Å². The lowest BCUT2D eigenvalue weighted by Gasteiger charge is -2.35. The van der Waals surface area contributed by atoms with Crippen molar-refractivity contribution in [3.63, 3.8) is 0 Å². The van der Waals surface area contributed by atoms with Gasteiger partial charge in [0, 0.05) is 18.8 Å². The van der Waals surface area contributed by atoms with Crippen molar-refractivity contribution in [3.05, 3.63) is 23.0 Å². The molecule has 1 aromatic rings. The first kappa shape index (κ1) is 15.9. The molecule has 0 spiro atoms. The third-order valence-corrected chi connectivity index (χ3v) is 3.70. The van der Waals surface area contributed by atoms with E-state index in [1.807, 2.05) is 13.8 Å². The summed E-state index contributed by atoms with van der Waals surface area (Å²) in [6, 6.07) is 1.27. The average Bonchev–Trinajstić information content (AvgIpc) is 2.80. The van der Waals surface area contributed by atoms with Crippen molar-refractivity contribution >= 4 is 23.5 Å². The molecule has 7 heteroatoms. The van der Waals surface area contributed by atoms with Crippen molar-refractivity contribution < 1.29 is 19.4 Å². The highest BCUT2D eigenvalue weighted by atomic mass is 35.5. The highest BCUT2D eigenvalue weighted by Gasteiger charge is 2.31. The molecule has 0 saturated carbocycles. The number of aromatic nitrogens is 1. The summed E-state index contributed by atoms with van der Waals surface area (Å²) in [5, 5.41) is 9.46. The average molecular weight is 315 g/mol. The van der Waals surface area contributed by atoms with Crippen LogP contribution in [0.15, 0.2) is 12.3 Å². The zero-order valence-corrected chi connectivity index (χ0v) is 12.8. The summed E-state index contributed by atoms with van der Waals surface area (Å²) in [6.07, 6.45) is 1.59. The number of nitrogens with zero attached hydrogens (tertiary/aromatic N) is 2. The molecular formula is C14H19ClN2O4. The van der Waals surface area contributed by atoms with Crippen molar-refractivity contribution in [2.24, 2.45) is 0 Å². The highest BCUT2D eigenvalue weighted by Crippen LogP contribution is 2.22. The van der Waals surface area contributed by atoms with Crippen LogP contribution in [0.5, 0.6) is 0 Å². The fourth-order valence-corrected chi connectivity index (χ4v) is 2.69. The second-order valence-corrected chi connectivity index (χ2v) is 5.81. The number of amides is 1. The Morgan fingerprint density at radius 3 is 2.86 bits per heavy atom. The molecule has 1 amide bonds. The van der Waals surface area contributed by atoms with Gasteiger partial charge in [-0.15, -0.1) is 0 Å². The van der Waals surface area contributed by atoms with Gasteiger partial charge in [0.25, 0.3) is 5.91 Å². The predicted octanol–water partition coefficient (Wildman–Crippen LogP) is 2.04. The van der Waals surface area contributed by atoms with Gasteiger partial charge in [-0.1, -0.05) is 11.6 Å². The first-order chi connectivity index (χ1) is 9.90. The first-order valence-corrected chi connectivity index (χ1v) is 7.25. The molecule has 0 bridgehead atoms. The van der Waals surface area contributed by atoms with Crippen molar-refractivity contribution in [1.82, 2.24) is 9.47 Å². The van der Waals surface area contributed by atoms with Crippen molar-refractivity contribution in [1.29, 1.82) is 0 Å². The van der Waals surface area contributed by atoms with Gasteiger partial charge in [-0.2, -0.15) is 0 Å². The number of carboxylic acids is 1. The second-order valence-electron chi connectivity index (χ2n) is 5.37. The number of carboxylic acid groups (broad SMARTS) is 1. The van der Waals surface area contributed by atoms with Crippen molar-refractivity contribution in [2.75, 3.05) is 19.8 Å². The topological polar surface area (TPSA) is 71.8 Å². The molecule has 1 fully saturated rings. The standard InChI is InChI=1S/C14H19ClN2O4/c1-9(2)17-7-10(15)5-12(17)14(20)16-3-4-21-8-11(16)6-13(18)19/h5,7,9,11H,3-4,6,8H2,1-2H3,(H,18,19). The number of hydrogen-bond donors (Lipinski definition) is 1. The Hall–Kier alpha value is -1.53. The number of rotatable bonds is 4. The predicted molar refractivity (Wildman–Crippen MR) is 77.7 cm³/mol. The van der Waals surface area contributed by atoms with Gasteiger partial charge < -0.3 is 19.3 Å². The highest BCUT2D eigenvalue weighted by molar-refractivity contribution is 6.31. The molecule has 1 unspecified atom stereocenters. The normalized spacial score (nSPS) is 19.0. The van der Waals surface area contributed by atoms with E-state index in [1.54, 1.807) is 21.7 Å². The monoisotopic (exact) mass is 314 g/mol. The van der Waals surface area contributed by atoms with Crippen LogP contribution in [0.4, 0.5) is 0 Å². The third kappa shape index (κ3) is 3.57. The molecule has 0 radical (unpaired) electrons. The zero-order chi connectivity index (χ0) is 15.6.